The Morgan fingerprint density at radius 1 is 0.600 bits per heavy atom. The molecule has 0 unspecified atom stereocenters. The summed E-state index contributed by atoms with van der Waals surface area (Å²) in [6.45, 7) is 16.0. The lowest BCUT2D eigenvalue weighted by Gasteiger charge is -2.27. The number of benzene rings is 1. The van der Waals surface area contributed by atoms with Gasteiger partial charge in [0.1, 0.15) is 11.6 Å². The molecule has 1 rings (SSSR count). The van der Waals surface area contributed by atoms with Gasteiger partial charge in [-0.25, -0.2) is 4.39 Å². The number of hydrogen-bond donors (Lipinski definition) is 1. The maximum atomic E-state index is 15.1. The van der Waals surface area contributed by atoms with Gasteiger partial charge in [0.25, 0.3) is 0 Å². The van der Waals surface area contributed by atoms with Crippen molar-refractivity contribution in [1.29, 1.82) is 0 Å². The van der Waals surface area contributed by atoms with Crippen LogP contribution < -0.4 is 0 Å². The Balaban J connectivity index is 3.89. The van der Waals surface area contributed by atoms with E-state index in [0.717, 1.165) is 11.1 Å². The van der Waals surface area contributed by atoms with Gasteiger partial charge >= 0.3 is 0 Å². The SMILES string of the molecule is CC(C)c1c(O)c(C(C)C)c(C(C)C)c(F)c1C(C)C. The van der Waals surface area contributed by atoms with E-state index in [4.69, 9.17) is 0 Å². The smallest absolute Gasteiger partial charge is 0.130 e. The van der Waals surface area contributed by atoms with Crippen molar-refractivity contribution in [3.05, 3.63) is 28.1 Å². The van der Waals surface area contributed by atoms with Crippen molar-refractivity contribution < 1.29 is 9.50 Å². The summed E-state index contributed by atoms with van der Waals surface area (Å²) >= 11 is 0. The molecule has 0 bridgehead atoms. The molecule has 0 aliphatic rings. The second kappa shape index (κ2) is 6.15. The molecule has 0 saturated carbocycles. The van der Waals surface area contributed by atoms with Crippen molar-refractivity contribution in [2.75, 3.05) is 0 Å². The summed E-state index contributed by atoms with van der Waals surface area (Å²) in [6.07, 6.45) is 0. The Morgan fingerprint density at radius 3 is 1.05 bits per heavy atom. The molecule has 0 spiro atoms. The average Bonchev–Trinajstić information content (AvgIpc) is 2.28. The van der Waals surface area contributed by atoms with Crippen LogP contribution in [0.15, 0.2) is 0 Å². The van der Waals surface area contributed by atoms with E-state index in [2.05, 4.69) is 0 Å². The van der Waals surface area contributed by atoms with Crippen molar-refractivity contribution in [2.45, 2.75) is 79.1 Å². The largest absolute Gasteiger partial charge is 0.507 e. The van der Waals surface area contributed by atoms with Gasteiger partial charge in [-0.1, -0.05) is 55.4 Å². The lowest BCUT2D eigenvalue weighted by Crippen LogP contribution is -2.12. The van der Waals surface area contributed by atoms with Crippen LogP contribution in [0.5, 0.6) is 5.75 Å². The summed E-state index contributed by atoms with van der Waals surface area (Å²) in [7, 11) is 0. The summed E-state index contributed by atoms with van der Waals surface area (Å²) in [5.41, 5.74) is 2.94. The molecular formula is C18H29FO. The highest BCUT2D eigenvalue weighted by Gasteiger charge is 2.28. The molecule has 0 aliphatic heterocycles. The van der Waals surface area contributed by atoms with Crippen molar-refractivity contribution in [1.82, 2.24) is 0 Å². The molecule has 114 valence electrons. The predicted molar refractivity (Wildman–Crippen MR) is 84.4 cm³/mol. The second-order valence-electron chi connectivity index (χ2n) is 6.94. The molecule has 0 radical (unpaired) electrons. The zero-order valence-corrected chi connectivity index (χ0v) is 14.1. The Morgan fingerprint density at radius 2 is 0.850 bits per heavy atom. The van der Waals surface area contributed by atoms with E-state index in [0.29, 0.717) is 16.9 Å². The van der Waals surface area contributed by atoms with E-state index in [1.54, 1.807) is 0 Å². The minimum absolute atomic E-state index is 0.0667. The van der Waals surface area contributed by atoms with Crippen LogP contribution >= 0.6 is 0 Å². The first-order valence-electron chi connectivity index (χ1n) is 7.69. The Bertz CT molecular complexity index is 399. The van der Waals surface area contributed by atoms with Gasteiger partial charge in [-0.15, -0.1) is 0 Å². The molecule has 0 amide bonds. The van der Waals surface area contributed by atoms with Crippen molar-refractivity contribution >= 4 is 0 Å². The minimum atomic E-state index is -0.111. The molecule has 2 heteroatoms. The van der Waals surface area contributed by atoms with E-state index in [1.165, 1.54) is 0 Å². The molecule has 0 fully saturated rings. The number of phenolic OH excluding ortho intramolecular Hbond substituents is 1. The number of phenols is 1. The Hall–Kier alpha value is -1.05. The van der Waals surface area contributed by atoms with Gasteiger partial charge in [0, 0.05) is 11.1 Å². The fourth-order valence-corrected chi connectivity index (χ4v) is 3.08. The number of halogens is 1. The van der Waals surface area contributed by atoms with Crippen molar-refractivity contribution in [3.8, 4) is 5.75 Å². The van der Waals surface area contributed by atoms with Crippen LogP contribution in [-0.4, -0.2) is 5.11 Å². The zero-order chi connectivity index (χ0) is 15.8. The van der Waals surface area contributed by atoms with E-state index < -0.39 is 0 Å². The maximum absolute atomic E-state index is 15.1. The number of aromatic hydroxyl groups is 1. The van der Waals surface area contributed by atoms with Gasteiger partial charge in [-0.3, -0.25) is 0 Å². The fourth-order valence-electron chi connectivity index (χ4n) is 3.08. The Labute approximate surface area is 123 Å². The topological polar surface area (TPSA) is 20.2 Å². The van der Waals surface area contributed by atoms with Crippen molar-refractivity contribution in [3.63, 3.8) is 0 Å². The zero-order valence-electron chi connectivity index (χ0n) is 14.1. The summed E-state index contributed by atoms with van der Waals surface area (Å²) in [6, 6.07) is 0. The first-order chi connectivity index (χ1) is 9.11. The molecule has 1 N–H and O–H groups in total. The summed E-state index contributed by atoms with van der Waals surface area (Å²) in [5, 5.41) is 10.7. The number of rotatable bonds is 4. The van der Waals surface area contributed by atoms with E-state index in [-0.39, 0.29) is 29.5 Å². The van der Waals surface area contributed by atoms with Gasteiger partial charge in [-0.05, 0) is 34.8 Å². The first kappa shape index (κ1) is 17.0. The van der Waals surface area contributed by atoms with Gasteiger partial charge < -0.3 is 5.11 Å². The molecule has 0 atom stereocenters. The predicted octanol–water partition coefficient (Wildman–Crippen LogP) is 6.02. The van der Waals surface area contributed by atoms with E-state index >= 15 is 4.39 Å². The molecule has 20 heavy (non-hydrogen) atoms. The first-order valence-corrected chi connectivity index (χ1v) is 7.69. The molecule has 1 aromatic carbocycles. The highest BCUT2D eigenvalue weighted by molar-refractivity contribution is 5.55. The third kappa shape index (κ3) is 2.84. The standard InChI is InChI=1S/C18H29FO/c1-9(2)13-15(11(5)6)18(20)16(12(7)8)14(10(3)4)17(13)19/h9-12,20H,1-8H3. The second-order valence-corrected chi connectivity index (χ2v) is 6.94. The molecule has 1 aromatic rings. The number of hydrogen-bond acceptors (Lipinski definition) is 1. The van der Waals surface area contributed by atoms with E-state index in [9.17, 15) is 5.11 Å². The molecule has 0 aromatic heterocycles. The normalized spacial score (nSPS) is 12.2. The Kier molecular flexibility index (Phi) is 5.23. The van der Waals surface area contributed by atoms with Crippen LogP contribution in [0.4, 0.5) is 4.39 Å². The third-order valence-corrected chi connectivity index (χ3v) is 3.87. The molecule has 1 nitrogen and oxygen atoms in total. The van der Waals surface area contributed by atoms with Gasteiger partial charge in [0.2, 0.25) is 0 Å². The van der Waals surface area contributed by atoms with Gasteiger partial charge in [0.05, 0.1) is 0 Å². The van der Waals surface area contributed by atoms with Crippen molar-refractivity contribution in [2.24, 2.45) is 0 Å². The van der Waals surface area contributed by atoms with Crippen LogP contribution in [0.1, 0.15) is 101 Å². The minimum Gasteiger partial charge on any atom is -0.507 e. The third-order valence-electron chi connectivity index (χ3n) is 3.87. The quantitative estimate of drug-likeness (QED) is 0.714. The summed E-state index contributed by atoms with van der Waals surface area (Å²) in [5.74, 6) is 0.555. The van der Waals surface area contributed by atoms with Crippen LogP contribution in [0.25, 0.3) is 0 Å². The van der Waals surface area contributed by atoms with E-state index in [1.807, 2.05) is 55.4 Å². The maximum Gasteiger partial charge on any atom is 0.130 e. The fraction of sp³-hybridized carbons (Fsp3) is 0.667. The van der Waals surface area contributed by atoms with Crippen LogP contribution in [0.3, 0.4) is 0 Å². The molecule has 0 saturated heterocycles. The monoisotopic (exact) mass is 280 g/mol. The van der Waals surface area contributed by atoms with Crippen LogP contribution in [0.2, 0.25) is 0 Å². The lowest BCUT2D eigenvalue weighted by atomic mass is 9.80. The van der Waals surface area contributed by atoms with Crippen LogP contribution in [-0.2, 0) is 0 Å². The van der Waals surface area contributed by atoms with Gasteiger partial charge in [-0.2, -0.15) is 0 Å². The molecule has 0 aliphatic carbocycles. The lowest BCUT2D eigenvalue weighted by molar-refractivity contribution is 0.441. The average molecular weight is 280 g/mol. The van der Waals surface area contributed by atoms with Gasteiger partial charge in [0.15, 0.2) is 0 Å². The van der Waals surface area contributed by atoms with Crippen LogP contribution in [0, 0.1) is 5.82 Å². The molecule has 0 heterocycles. The highest BCUT2D eigenvalue weighted by Crippen LogP contribution is 2.45. The summed E-state index contributed by atoms with van der Waals surface area (Å²) < 4.78 is 15.1. The molecular weight excluding hydrogens is 251 g/mol. The highest BCUT2D eigenvalue weighted by atomic mass is 19.1. The summed E-state index contributed by atoms with van der Waals surface area (Å²) in [4.78, 5) is 0.